The van der Waals surface area contributed by atoms with E-state index in [1.54, 1.807) is 0 Å². The Bertz CT molecular complexity index is 168. The second-order valence-corrected chi connectivity index (χ2v) is 3.45. The quantitative estimate of drug-likeness (QED) is 0.626. The second-order valence-electron chi connectivity index (χ2n) is 3.45. The molecule has 0 spiro atoms. The zero-order chi connectivity index (χ0) is 7.52. The number of hydrogen-bond acceptors (Lipinski definition) is 2. The summed E-state index contributed by atoms with van der Waals surface area (Å²) < 4.78 is 0. The Balaban J connectivity index is 0.000000720. The van der Waals surface area contributed by atoms with Crippen LogP contribution in [0.5, 0.6) is 0 Å². The van der Waals surface area contributed by atoms with Crippen LogP contribution in [0.3, 0.4) is 0 Å². The van der Waals surface area contributed by atoms with E-state index >= 15 is 0 Å². The lowest BCUT2D eigenvalue weighted by atomic mass is 10.2. The largest absolute Gasteiger partial charge is 0.360 e. The van der Waals surface area contributed by atoms with Gasteiger partial charge in [0.15, 0.2) is 0 Å². The topological polar surface area (TPSA) is 15.6 Å². The number of fused-ring (bicyclic) bond motifs is 1. The molecular formula is C9H17BrN2. The lowest BCUT2D eigenvalue weighted by Gasteiger charge is -2.27. The predicted octanol–water partition coefficient (Wildman–Crippen LogP) is 2.24. The average molecular weight is 233 g/mol. The van der Waals surface area contributed by atoms with E-state index in [0.717, 1.165) is 6.54 Å². The number of amidine groups is 1. The maximum atomic E-state index is 4.55. The summed E-state index contributed by atoms with van der Waals surface area (Å²) >= 11 is 0. The van der Waals surface area contributed by atoms with Gasteiger partial charge in [0, 0.05) is 26.1 Å². The molecule has 2 nitrogen and oxygen atoms in total. The molecule has 0 N–H and O–H groups in total. The van der Waals surface area contributed by atoms with E-state index in [1.807, 2.05) is 0 Å². The summed E-state index contributed by atoms with van der Waals surface area (Å²) in [4.78, 5) is 7.04. The van der Waals surface area contributed by atoms with E-state index in [1.165, 1.54) is 51.0 Å². The molecule has 3 heteroatoms. The van der Waals surface area contributed by atoms with Crippen molar-refractivity contribution in [3.05, 3.63) is 0 Å². The molecule has 0 atom stereocenters. The predicted molar refractivity (Wildman–Crippen MR) is 57.3 cm³/mol. The van der Waals surface area contributed by atoms with Gasteiger partial charge in [0.1, 0.15) is 0 Å². The molecule has 0 radical (unpaired) electrons. The van der Waals surface area contributed by atoms with Crippen LogP contribution in [-0.2, 0) is 0 Å². The fourth-order valence-electron chi connectivity index (χ4n) is 1.94. The summed E-state index contributed by atoms with van der Waals surface area (Å²) in [7, 11) is 0. The second kappa shape index (κ2) is 4.85. The highest BCUT2D eigenvalue weighted by molar-refractivity contribution is 8.93. The first kappa shape index (κ1) is 10.0. The van der Waals surface area contributed by atoms with Crippen molar-refractivity contribution in [1.29, 1.82) is 0 Å². The Morgan fingerprint density at radius 3 is 2.75 bits per heavy atom. The highest BCUT2D eigenvalue weighted by atomic mass is 79.9. The zero-order valence-electron chi connectivity index (χ0n) is 7.46. The van der Waals surface area contributed by atoms with Gasteiger partial charge in [-0.25, -0.2) is 0 Å². The van der Waals surface area contributed by atoms with Crippen molar-refractivity contribution in [3.63, 3.8) is 0 Å². The van der Waals surface area contributed by atoms with E-state index in [0.29, 0.717) is 0 Å². The molecule has 2 heterocycles. The number of rotatable bonds is 0. The summed E-state index contributed by atoms with van der Waals surface area (Å²) in [6.45, 7) is 3.60. The molecule has 0 saturated carbocycles. The summed E-state index contributed by atoms with van der Waals surface area (Å²) in [6.07, 6.45) is 6.63. The highest BCUT2D eigenvalue weighted by Gasteiger charge is 2.16. The summed E-state index contributed by atoms with van der Waals surface area (Å²) in [5.41, 5.74) is 0. The van der Waals surface area contributed by atoms with Crippen molar-refractivity contribution in [2.75, 3.05) is 19.6 Å². The third-order valence-corrected chi connectivity index (χ3v) is 2.57. The molecule has 0 aliphatic carbocycles. The molecule has 0 aromatic heterocycles. The minimum Gasteiger partial charge on any atom is -0.360 e. The van der Waals surface area contributed by atoms with Gasteiger partial charge in [-0.3, -0.25) is 4.99 Å². The van der Waals surface area contributed by atoms with Crippen molar-refractivity contribution >= 4 is 22.8 Å². The SMILES string of the molecule is Br.C1CCC2=NCCCN2CC1. The zero-order valence-corrected chi connectivity index (χ0v) is 9.17. The number of nitrogens with zero attached hydrogens (tertiary/aromatic N) is 2. The van der Waals surface area contributed by atoms with Crippen LogP contribution in [0.1, 0.15) is 32.1 Å². The number of aliphatic imine (C=N–C) groups is 1. The van der Waals surface area contributed by atoms with Gasteiger partial charge in [0.2, 0.25) is 0 Å². The molecule has 0 amide bonds. The Hall–Kier alpha value is -0.0500. The molecule has 0 aromatic carbocycles. The van der Waals surface area contributed by atoms with Crippen LogP contribution >= 0.6 is 17.0 Å². The van der Waals surface area contributed by atoms with Crippen LogP contribution in [0.15, 0.2) is 4.99 Å². The molecule has 0 unspecified atom stereocenters. The number of halogens is 1. The molecule has 0 bridgehead atoms. The van der Waals surface area contributed by atoms with Gasteiger partial charge in [0.25, 0.3) is 0 Å². The normalized spacial score (nSPS) is 23.3. The van der Waals surface area contributed by atoms with Crippen LogP contribution in [0, 0.1) is 0 Å². The van der Waals surface area contributed by atoms with Crippen LogP contribution in [0.25, 0.3) is 0 Å². The van der Waals surface area contributed by atoms with Crippen molar-refractivity contribution in [2.45, 2.75) is 32.1 Å². The van der Waals surface area contributed by atoms with E-state index in [2.05, 4.69) is 9.89 Å². The monoisotopic (exact) mass is 232 g/mol. The van der Waals surface area contributed by atoms with Crippen molar-refractivity contribution in [1.82, 2.24) is 4.90 Å². The molecule has 1 fully saturated rings. The molecule has 2 aliphatic heterocycles. The van der Waals surface area contributed by atoms with E-state index in [9.17, 15) is 0 Å². The third-order valence-electron chi connectivity index (χ3n) is 2.57. The van der Waals surface area contributed by atoms with Crippen LogP contribution in [0.4, 0.5) is 0 Å². The Morgan fingerprint density at radius 1 is 1.00 bits per heavy atom. The minimum absolute atomic E-state index is 0. The van der Waals surface area contributed by atoms with Gasteiger partial charge in [-0.15, -0.1) is 17.0 Å². The Morgan fingerprint density at radius 2 is 1.83 bits per heavy atom. The maximum Gasteiger partial charge on any atom is 0.0988 e. The molecule has 70 valence electrons. The van der Waals surface area contributed by atoms with Gasteiger partial charge < -0.3 is 4.90 Å². The van der Waals surface area contributed by atoms with Crippen LogP contribution in [-0.4, -0.2) is 30.4 Å². The van der Waals surface area contributed by atoms with Crippen LogP contribution < -0.4 is 0 Å². The number of hydrogen-bond donors (Lipinski definition) is 0. The Labute approximate surface area is 84.8 Å². The molecule has 0 aromatic rings. The van der Waals surface area contributed by atoms with Gasteiger partial charge >= 0.3 is 0 Å². The van der Waals surface area contributed by atoms with E-state index in [-0.39, 0.29) is 17.0 Å². The van der Waals surface area contributed by atoms with Gasteiger partial charge in [-0.2, -0.15) is 0 Å². The maximum absolute atomic E-state index is 4.55. The molecule has 1 saturated heterocycles. The lowest BCUT2D eigenvalue weighted by Crippen LogP contribution is -2.34. The minimum atomic E-state index is 0. The van der Waals surface area contributed by atoms with Gasteiger partial charge in [-0.1, -0.05) is 6.42 Å². The summed E-state index contributed by atoms with van der Waals surface area (Å²) in [6, 6.07) is 0. The third kappa shape index (κ3) is 2.22. The summed E-state index contributed by atoms with van der Waals surface area (Å²) in [5, 5.41) is 0. The van der Waals surface area contributed by atoms with E-state index < -0.39 is 0 Å². The molecule has 2 rings (SSSR count). The van der Waals surface area contributed by atoms with E-state index in [4.69, 9.17) is 0 Å². The van der Waals surface area contributed by atoms with Gasteiger partial charge in [0.05, 0.1) is 5.84 Å². The average Bonchev–Trinajstić information content (AvgIpc) is 2.28. The smallest absolute Gasteiger partial charge is 0.0988 e. The summed E-state index contributed by atoms with van der Waals surface area (Å²) in [5.74, 6) is 1.40. The van der Waals surface area contributed by atoms with Crippen molar-refractivity contribution < 1.29 is 0 Å². The molecule has 12 heavy (non-hydrogen) atoms. The fraction of sp³-hybridized carbons (Fsp3) is 0.889. The first-order valence-electron chi connectivity index (χ1n) is 4.75. The lowest BCUT2D eigenvalue weighted by molar-refractivity contribution is 0.391. The molecular weight excluding hydrogens is 216 g/mol. The van der Waals surface area contributed by atoms with Crippen molar-refractivity contribution in [2.24, 2.45) is 4.99 Å². The first-order chi connectivity index (χ1) is 5.47. The van der Waals surface area contributed by atoms with Crippen LogP contribution in [0.2, 0.25) is 0 Å². The first-order valence-corrected chi connectivity index (χ1v) is 4.75. The Kier molecular flexibility index (Phi) is 4.06. The van der Waals surface area contributed by atoms with Gasteiger partial charge in [-0.05, 0) is 19.3 Å². The molecule has 2 aliphatic rings. The standard InChI is InChI=1S/C9H16N2.BrH/c1-2-5-9-10-6-4-8-11(9)7-3-1;/h1-8H2;1H. The van der Waals surface area contributed by atoms with Crippen molar-refractivity contribution in [3.8, 4) is 0 Å². The fourth-order valence-corrected chi connectivity index (χ4v) is 1.94. The highest BCUT2D eigenvalue weighted by Crippen LogP contribution is 2.15.